The number of nitrogens with one attached hydrogen (secondary N) is 1. The monoisotopic (exact) mass is 293 g/mol. The van der Waals surface area contributed by atoms with E-state index in [1.807, 2.05) is 24.3 Å². The second kappa shape index (κ2) is 4.37. The first-order chi connectivity index (χ1) is 9.09. The molecule has 0 radical (unpaired) electrons. The minimum Gasteiger partial charge on any atom is -0.506 e. The largest absolute Gasteiger partial charge is 0.506 e. The fraction of sp³-hybridized carbons (Fsp3) is 0. The third-order valence-electron chi connectivity index (χ3n) is 3.03. The number of aromatic nitrogens is 1. The molecule has 3 rings (SSSR count). The number of aromatic amines is 1. The van der Waals surface area contributed by atoms with Crippen molar-refractivity contribution in [3.8, 4) is 22.6 Å². The van der Waals surface area contributed by atoms with Gasteiger partial charge in [-0.05, 0) is 6.07 Å². The maximum Gasteiger partial charge on any atom is 0.143 e. The Balaban J connectivity index is 2.39. The Kier molecular flexibility index (Phi) is 2.81. The normalized spacial score (nSPS) is 11.1. The van der Waals surface area contributed by atoms with E-state index >= 15 is 0 Å². The second-order valence-corrected chi connectivity index (χ2v) is 4.95. The fourth-order valence-corrected chi connectivity index (χ4v) is 2.57. The summed E-state index contributed by atoms with van der Waals surface area (Å²) in [6.45, 7) is 0. The van der Waals surface area contributed by atoms with Crippen LogP contribution in [0.4, 0.5) is 0 Å². The molecule has 0 unspecified atom stereocenters. The molecule has 19 heavy (non-hydrogen) atoms. The molecule has 2 aromatic carbocycles. The number of hydrogen-bond donors (Lipinski definition) is 3. The van der Waals surface area contributed by atoms with Gasteiger partial charge in [0.15, 0.2) is 0 Å². The van der Waals surface area contributed by atoms with Crippen molar-refractivity contribution >= 4 is 34.1 Å². The molecule has 3 aromatic rings. The highest BCUT2D eigenvalue weighted by Crippen LogP contribution is 2.47. The van der Waals surface area contributed by atoms with Crippen LogP contribution in [0.2, 0.25) is 10.0 Å². The van der Waals surface area contributed by atoms with Crippen molar-refractivity contribution in [1.82, 2.24) is 4.98 Å². The van der Waals surface area contributed by atoms with E-state index in [-0.39, 0.29) is 21.5 Å². The molecule has 3 nitrogen and oxygen atoms in total. The quantitative estimate of drug-likeness (QED) is 0.576. The molecule has 3 N–H and O–H groups in total. The Hall–Kier alpha value is -1.84. The summed E-state index contributed by atoms with van der Waals surface area (Å²) in [7, 11) is 0. The average Bonchev–Trinajstić information content (AvgIpc) is 2.81. The van der Waals surface area contributed by atoms with Gasteiger partial charge in [0.1, 0.15) is 11.5 Å². The SMILES string of the molecule is Oc1cc(Cl)c(O)c(-c2c[nH]c3ccccc23)c1Cl. The molecular formula is C14H9Cl2NO2. The van der Waals surface area contributed by atoms with Crippen LogP contribution < -0.4 is 0 Å². The topological polar surface area (TPSA) is 56.2 Å². The summed E-state index contributed by atoms with van der Waals surface area (Å²) in [5, 5.41) is 20.9. The van der Waals surface area contributed by atoms with Crippen molar-refractivity contribution in [3.05, 3.63) is 46.6 Å². The number of para-hydroxylation sites is 1. The first-order valence-corrected chi connectivity index (χ1v) is 6.31. The van der Waals surface area contributed by atoms with Crippen LogP contribution in [-0.2, 0) is 0 Å². The summed E-state index contributed by atoms with van der Waals surface area (Å²) in [4.78, 5) is 3.09. The second-order valence-electron chi connectivity index (χ2n) is 4.16. The van der Waals surface area contributed by atoms with Crippen LogP contribution in [0.5, 0.6) is 11.5 Å². The molecule has 0 amide bonds. The van der Waals surface area contributed by atoms with Gasteiger partial charge in [-0.2, -0.15) is 0 Å². The van der Waals surface area contributed by atoms with Crippen LogP contribution in [0.1, 0.15) is 0 Å². The highest BCUT2D eigenvalue weighted by atomic mass is 35.5. The van der Waals surface area contributed by atoms with Crippen LogP contribution >= 0.6 is 23.2 Å². The van der Waals surface area contributed by atoms with E-state index in [4.69, 9.17) is 23.2 Å². The van der Waals surface area contributed by atoms with Gasteiger partial charge >= 0.3 is 0 Å². The number of hydrogen-bond acceptors (Lipinski definition) is 2. The molecule has 0 atom stereocenters. The lowest BCUT2D eigenvalue weighted by Gasteiger charge is -2.09. The van der Waals surface area contributed by atoms with Crippen LogP contribution in [0.3, 0.4) is 0 Å². The van der Waals surface area contributed by atoms with Crippen molar-refractivity contribution < 1.29 is 10.2 Å². The number of benzene rings is 2. The number of aromatic hydroxyl groups is 2. The maximum atomic E-state index is 10.1. The first-order valence-electron chi connectivity index (χ1n) is 5.56. The zero-order valence-corrected chi connectivity index (χ0v) is 11.1. The lowest BCUT2D eigenvalue weighted by atomic mass is 10.0. The van der Waals surface area contributed by atoms with Crippen LogP contribution in [0, 0.1) is 0 Å². The lowest BCUT2D eigenvalue weighted by molar-refractivity contribution is 0.462. The lowest BCUT2D eigenvalue weighted by Crippen LogP contribution is -1.82. The van der Waals surface area contributed by atoms with E-state index in [1.165, 1.54) is 6.07 Å². The molecule has 96 valence electrons. The third kappa shape index (κ3) is 1.82. The third-order valence-corrected chi connectivity index (χ3v) is 3.70. The number of rotatable bonds is 1. The summed E-state index contributed by atoms with van der Waals surface area (Å²) in [6.07, 6.45) is 1.72. The van der Waals surface area contributed by atoms with Crippen molar-refractivity contribution in [2.75, 3.05) is 0 Å². The number of fused-ring (bicyclic) bond motifs is 1. The molecule has 0 bridgehead atoms. The van der Waals surface area contributed by atoms with E-state index in [0.717, 1.165) is 10.9 Å². The number of halogens is 2. The van der Waals surface area contributed by atoms with E-state index in [9.17, 15) is 10.2 Å². The molecule has 1 aromatic heterocycles. The molecular weight excluding hydrogens is 285 g/mol. The van der Waals surface area contributed by atoms with Gasteiger partial charge in [-0.15, -0.1) is 0 Å². The highest BCUT2D eigenvalue weighted by Gasteiger charge is 2.19. The van der Waals surface area contributed by atoms with Gasteiger partial charge in [0.25, 0.3) is 0 Å². The summed E-state index contributed by atoms with van der Waals surface area (Å²) in [6, 6.07) is 8.81. The predicted molar refractivity (Wildman–Crippen MR) is 77.1 cm³/mol. The Morgan fingerprint density at radius 2 is 1.79 bits per heavy atom. The highest BCUT2D eigenvalue weighted by molar-refractivity contribution is 6.38. The minimum absolute atomic E-state index is 0.0576. The zero-order chi connectivity index (χ0) is 13.6. The van der Waals surface area contributed by atoms with E-state index in [1.54, 1.807) is 6.20 Å². The van der Waals surface area contributed by atoms with Gasteiger partial charge in [0.2, 0.25) is 0 Å². The molecule has 0 saturated carbocycles. The Morgan fingerprint density at radius 3 is 2.58 bits per heavy atom. The van der Waals surface area contributed by atoms with Crippen LogP contribution in [0.15, 0.2) is 36.5 Å². The van der Waals surface area contributed by atoms with Crippen LogP contribution in [0.25, 0.3) is 22.0 Å². The Labute approximate surface area is 119 Å². The van der Waals surface area contributed by atoms with Gasteiger partial charge in [0.05, 0.1) is 10.0 Å². The fourth-order valence-electron chi connectivity index (χ4n) is 2.13. The Bertz CT molecular complexity index is 754. The molecule has 1 heterocycles. The molecule has 0 saturated heterocycles. The van der Waals surface area contributed by atoms with Gasteiger partial charge in [0, 0.05) is 34.3 Å². The van der Waals surface area contributed by atoms with Crippen molar-refractivity contribution in [1.29, 1.82) is 0 Å². The number of phenolic OH excluding ortho intramolecular Hbond substituents is 2. The number of H-pyrrole nitrogens is 1. The smallest absolute Gasteiger partial charge is 0.143 e. The average molecular weight is 294 g/mol. The summed E-state index contributed by atoms with van der Waals surface area (Å²) < 4.78 is 0. The standard InChI is InChI=1S/C14H9Cl2NO2/c15-9-5-11(18)13(16)12(14(9)19)8-6-17-10-4-2-1-3-7(8)10/h1-6,17-19H. The van der Waals surface area contributed by atoms with Crippen LogP contribution in [-0.4, -0.2) is 15.2 Å². The molecule has 5 heteroatoms. The zero-order valence-electron chi connectivity index (χ0n) is 9.61. The summed E-state index contributed by atoms with van der Waals surface area (Å²) >= 11 is 12.0. The summed E-state index contributed by atoms with van der Waals surface area (Å²) in [5.74, 6) is -0.307. The first kappa shape index (κ1) is 12.2. The van der Waals surface area contributed by atoms with E-state index in [2.05, 4.69) is 4.98 Å². The minimum atomic E-state index is -0.162. The maximum absolute atomic E-state index is 10.1. The van der Waals surface area contributed by atoms with Gasteiger partial charge < -0.3 is 15.2 Å². The van der Waals surface area contributed by atoms with Gasteiger partial charge in [-0.1, -0.05) is 41.4 Å². The number of phenols is 2. The van der Waals surface area contributed by atoms with Gasteiger partial charge in [-0.3, -0.25) is 0 Å². The summed E-state index contributed by atoms with van der Waals surface area (Å²) in [5.41, 5.74) is 1.92. The predicted octanol–water partition coefficient (Wildman–Crippen LogP) is 4.55. The van der Waals surface area contributed by atoms with Crippen molar-refractivity contribution in [2.45, 2.75) is 0 Å². The molecule has 0 aliphatic heterocycles. The molecule has 0 fully saturated rings. The van der Waals surface area contributed by atoms with Crippen molar-refractivity contribution in [2.24, 2.45) is 0 Å². The Morgan fingerprint density at radius 1 is 1.05 bits per heavy atom. The van der Waals surface area contributed by atoms with Gasteiger partial charge in [-0.25, -0.2) is 0 Å². The molecule has 0 aliphatic carbocycles. The molecule has 0 aliphatic rings. The molecule has 0 spiro atoms. The van der Waals surface area contributed by atoms with E-state index in [0.29, 0.717) is 11.1 Å². The van der Waals surface area contributed by atoms with Crippen molar-refractivity contribution in [3.63, 3.8) is 0 Å². The van der Waals surface area contributed by atoms with E-state index < -0.39 is 0 Å².